The van der Waals surface area contributed by atoms with Gasteiger partial charge in [-0.05, 0) is 24.3 Å². The average molecular weight is 397 g/mol. The molecule has 1 aliphatic carbocycles. The number of amides is 1. The molecule has 2 heterocycles. The summed E-state index contributed by atoms with van der Waals surface area (Å²) in [7, 11) is 0. The van der Waals surface area contributed by atoms with Crippen LogP contribution in [0.5, 0.6) is 0 Å². The van der Waals surface area contributed by atoms with E-state index in [-0.39, 0.29) is 5.91 Å². The molecule has 6 heteroatoms. The van der Waals surface area contributed by atoms with Gasteiger partial charge in [-0.25, -0.2) is 0 Å². The van der Waals surface area contributed by atoms with Crippen molar-refractivity contribution in [3.8, 4) is 11.4 Å². The largest absolute Gasteiger partial charge is 0.340 e. The molecule has 0 atom stereocenters. The van der Waals surface area contributed by atoms with Crippen molar-refractivity contribution >= 4 is 5.91 Å². The van der Waals surface area contributed by atoms with Crippen molar-refractivity contribution in [3.63, 3.8) is 0 Å². The predicted octanol–water partition coefficient (Wildman–Crippen LogP) is 3.88. The summed E-state index contributed by atoms with van der Waals surface area (Å²) < 4.78 is 5.38. The highest BCUT2D eigenvalue weighted by Crippen LogP contribution is 2.24. The van der Waals surface area contributed by atoms with Gasteiger partial charge in [0.05, 0.1) is 0 Å². The lowest BCUT2D eigenvalue weighted by atomic mass is 10.0. The van der Waals surface area contributed by atoms with Crippen LogP contribution in [0.25, 0.3) is 11.4 Å². The Morgan fingerprint density at radius 2 is 1.79 bits per heavy atom. The smallest absolute Gasteiger partial charge is 0.227 e. The van der Waals surface area contributed by atoms with E-state index in [1.54, 1.807) is 0 Å². The van der Waals surface area contributed by atoms with E-state index in [0.717, 1.165) is 37.8 Å². The van der Waals surface area contributed by atoms with Crippen molar-refractivity contribution in [1.29, 1.82) is 0 Å². The lowest BCUT2D eigenvalue weighted by molar-refractivity contribution is -0.133. The van der Waals surface area contributed by atoms with Crippen LogP contribution in [0.4, 0.5) is 0 Å². The van der Waals surface area contributed by atoms with Crippen molar-refractivity contribution in [2.45, 2.75) is 64.3 Å². The van der Waals surface area contributed by atoms with E-state index < -0.39 is 0 Å². The molecule has 6 nitrogen and oxygen atoms in total. The van der Waals surface area contributed by atoms with Gasteiger partial charge >= 0.3 is 0 Å². The molecular weight excluding hydrogens is 364 g/mol. The highest BCUT2D eigenvalue weighted by atomic mass is 16.5. The second-order valence-electron chi connectivity index (χ2n) is 8.64. The standard InChI is InChI=1S/C23H32N4O2/c1-17(2)18-7-9-19(10-8-18)23-24-21(29-25-23)11-12-22(28)27-15-13-26(14-16-27)20-5-3-4-6-20/h7-10,17,20H,3-6,11-16H2,1-2H3. The number of piperazine rings is 1. The quantitative estimate of drug-likeness (QED) is 0.741. The van der Waals surface area contributed by atoms with Gasteiger partial charge in [0.1, 0.15) is 0 Å². The maximum Gasteiger partial charge on any atom is 0.227 e. The fraction of sp³-hybridized carbons (Fsp3) is 0.609. The minimum absolute atomic E-state index is 0.192. The van der Waals surface area contributed by atoms with Crippen LogP contribution in [0.15, 0.2) is 28.8 Å². The Bertz CT molecular complexity index is 801. The van der Waals surface area contributed by atoms with Crippen LogP contribution < -0.4 is 0 Å². The van der Waals surface area contributed by atoms with Gasteiger partial charge in [0.2, 0.25) is 17.6 Å². The molecule has 0 unspecified atom stereocenters. The summed E-state index contributed by atoms with van der Waals surface area (Å²) in [6, 6.07) is 9.01. The van der Waals surface area contributed by atoms with Crippen LogP contribution in [0, 0.1) is 0 Å². The first-order valence-corrected chi connectivity index (χ1v) is 11.0. The Kier molecular flexibility index (Phi) is 6.28. The van der Waals surface area contributed by atoms with Gasteiger partial charge in [0.15, 0.2) is 0 Å². The lowest BCUT2D eigenvalue weighted by Gasteiger charge is -2.38. The zero-order chi connectivity index (χ0) is 20.2. The molecule has 0 spiro atoms. The van der Waals surface area contributed by atoms with Gasteiger partial charge in [0, 0.05) is 50.6 Å². The number of hydrogen-bond acceptors (Lipinski definition) is 5. The van der Waals surface area contributed by atoms with Crippen molar-refractivity contribution in [3.05, 3.63) is 35.7 Å². The van der Waals surface area contributed by atoms with Crippen LogP contribution in [-0.2, 0) is 11.2 Å². The number of aryl methyl sites for hydroxylation is 1. The van der Waals surface area contributed by atoms with Gasteiger partial charge in [-0.1, -0.05) is 56.1 Å². The minimum Gasteiger partial charge on any atom is -0.340 e. The molecule has 1 aromatic carbocycles. The van der Waals surface area contributed by atoms with E-state index >= 15 is 0 Å². The van der Waals surface area contributed by atoms with Crippen LogP contribution in [0.2, 0.25) is 0 Å². The third-order valence-electron chi connectivity index (χ3n) is 6.36. The van der Waals surface area contributed by atoms with Crippen LogP contribution in [-0.4, -0.2) is 58.1 Å². The molecule has 1 saturated heterocycles. The second kappa shape index (κ2) is 9.08. The Morgan fingerprint density at radius 1 is 1.10 bits per heavy atom. The zero-order valence-electron chi connectivity index (χ0n) is 17.6. The van der Waals surface area contributed by atoms with Crippen LogP contribution in [0.1, 0.15) is 63.3 Å². The third kappa shape index (κ3) is 4.86. The van der Waals surface area contributed by atoms with Gasteiger partial charge in [-0.15, -0.1) is 0 Å². The summed E-state index contributed by atoms with van der Waals surface area (Å²) in [6.45, 7) is 8.04. The van der Waals surface area contributed by atoms with Gasteiger partial charge in [-0.3, -0.25) is 9.69 Å². The molecule has 2 fully saturated rings. The van der Waals surface area contributed by atoms with Crippen molar-refractivity contribution < 1.29 is 9.32 Å². The summed E-state index contributed by atoms with van der Waals surface area (Å²) in [5.74, 6) is 1.81. The first-order valence-electron chi connectivity index (χ1n) is 11.0. The van der Waals surface area contributed by atoms with Crippen molar-refractivity contribution in [2.24, 2.45) is 0 Å². The number of hydrogen-bond donors (Lipinski definition) is 0. The van der Waals surface area contributed by atoms with Crippen LogP contribution >= 0.6 is 0 Å². The maximum absolute atomic E-state index is 12.6. The van der Waals surface area contributed by atoms with Crippen molar-refractivity contribution in [1.82, 2.24) is 19.9 Å². The first kappa shape index (κ1) is 20.1. The number of nitrogens with zero attached hydrogens (tertiary/aromatic N) is 4. The maximum atomic E-state index is 12.6. The summed E-state index contributed by atoms with van der Waals surface area (Å²) in [5.41, 5.74) is 2.23. The molecule has 1 amide bonds. The molecule has 2 aliphatic rings. The molecule has 156 valence electrons. The normalized spacial score (nSPS) is 18.7. The summed E-state index contributed by atoms with van der Waals surface area (Å²) in [5, 5.41) is 4.09. The van der Waals surface area contributed by atoms with Gasteiger partial charge in [-0.2, -0.15) is 4.98 Å². The summed E-state index contributed by atoms with van der Waals surface area (Å²) >= 11 is 0. The topological polar surface area (TPSA) is 62.5 Å². The Hall–Kier alpha value is -2.21. The Morgan fingerprint density at radius 3 is 2.45 bits per heavy atom. The highest BCUT2D eigenvalue weighted by Gasteiger charge is 2.27. The monoisotopic (exact) mass is 396 g/mol. The Balaban J connectivity index is 1.26. The third-order valence-corrected chi connectivity index (χ3v) is 6.36. The number of carbonyl (C=O) groups is 1. The van der Waals surface area contributed by atoms with Gasteiger partial charge in [0.25, 0.3) is 0 Å². The molecule has 2 aromatic rings. The van der Waals surface area contributed by atoms with E-state index in [4.69, 9.17) is 4.52 Å². The number of benzene rings is 1. The molecule has 1 aliphatic heterocycles. The molecule has 0 radical (unpaired) electrons. The molecule has 29 heavy (non-hydrogen) atoms. The van der Waals surface area contributed by atoms with Crippen molar-refractivity contribution in [2.75, 3.05) is 26.2 Å². The minimum atomic E-state index is 0.192. The molecular formula is C23H32N4O2. The van der Waals surface area contributed by atoms with E-state index in [1.807, 2.05) is 17.0 Å². The summed E-state index contributed by atoms with van der Waals surface area (Å²) in [6.07, 6.45) is 6.30. The zero-order valence-corrected chi connectivity index (χ0v) is 17.6. The summed E-state index contributed by atoms with van der Waals surface area (Å²) in [4.78, 5) is 21.6. The Labute approximate surface area is 173 Å². The molecule has 1 aromatic heterocycles. The average Bonchev–Trinajstić information content (AvgIpc) is 3.44. The molecule has 0 N–H and O–H groups in total. The number of aromatic nitrogens is 2. The van der Waals surface area contributed by atoms with E-state index in [2.05, 4.69) is 41.0 Å². The van der Waals surface area contributed by atoms with Crippen LogP contribution in [0.3, 0.4) is 0 Å². The second-order valence-corrected chi connectivity index (χ2v) is 8.64. The van der Waals surface area contributed by atoms with E-state index in [1.165, 1.54) is 31.2 Å². The molecule has 4 rings (SSSR count). The first-order chi connectivity index (χ1) is 14.1. The highest BCUT2D eigenvalue weighted by molar-refractivity contribution is 5.76. The SMILES string of the molecule is CC(C)c1ccc(-c2noc(CCC(=O)N3CCN(C4CCCC4)CC3)n2)cc1. The number of carbonyl (C=O) groups excluding carboxylic acids is 1. The predicted molar refractivity (Wildman–Crippen MR) is 113 cm³/mol. The number of rotatable bonds is 6. The molecule has 1 saturated carbocycles. The van der Waals surface area contributed by atoms with Gasteiger partial charge < -0.3 is 9.42 Å². The lowest BCUT2D eigenvalue weighted by Crippen LogP contribution is -2.51. The molecule has 0 bridgehead atoms. The fourth-order valence-corrected chi connectivity index (χ4v) is 4.47. The van der Waals surface area contributed by atoms with E-state index in [9.17, 15) is 4.79 Å². The van der Waals surface area contributed by atoms with E-state index in [0.29, 0.717) is 30.5 Å². The fourth-order valence-electron chi connectivity index (χ4n) is 4.47.